The van der Waals surface area contributed by atoms with Crippen LogP contribution in [-0.2, 0) is 6.18 Å². The van der Waals surface area contributed by atoms with E-state index in [9.17, 15) is 13.2 Å². The predicted octanol–water partition coefficient (Wildman–Crippen LogP) is 2.51. The Kier molecular flexibility index (Phi) is 3.10. The molecule has 0 aliphatic carbocycles. The molecule has 0 aliphatic rings. The molecule has 0 aliphatic heterocycles. The van der Waals surface area contributed by atoms with Crippen molar-refractivity contribution in [1.82, 2.24) is 4.98 Å². The number of hydrogen-bond donors (Lipinski definition) is 1. The van der Waals surface area contributed by atoms with Crippen molar-refractivity contribution in [2.75, 3.05) is 0 Å². The first-order chi connectivity index (χ1) is 6.45. The first-order valence-electron chi connectivity index (χ1n) is 4.24. The van der Waals surface area contributed by atoms with E-state index in [1.807, 2.05) is 0 Å². The lowest BCUT2D eigenvalue weighted by Crippen LogP contribution is -2.13. The Hall–Kier alpha value is -1.10. The van der Waals surface area contributed by atoms with Gasteiger partial charge in [0.15, 0.2) is 0 Å². The SMILES string of the molecule is CC[C@H](N)c1cc(C(F)(F)F)ccn1. The normalized spacial score (nSPS) is 14.1. The highest BCUT2D eigenvalue weighted by Gasteiger charge is 2.30. The number of nitrogens with two attached hydrogens (primary N) is 1. The van der Waals surface area contributed by atoms with Crippen LogP contribution in [0.3, 0.4) is 0 Å². The predicted molar refractivity (Wildman–Crippen MR) is 46.5 cm³/mol. The van der Waals surface area contributed by atoms with Crippen molar-refractivity contribution < 1.29 is 13.2 Å². The van der Waals surface area contributed by atoms with Gasteiger partial charge in [0.05, 0.1) is 11.3 Å². The Bertz CT molecular complexity index is 309. The van der Waals surface area contributed by atoms with E-state index in [1.54, 1.807) is 6.92 Å². The molecule has 0 saturated heterocycles. The average Bonchev–Trinajstić information content (AvgIpc) is 2.15. The van der Waals surface area contributed by atoms with Gasteiger partial charge in [-0.15, -0.1) is 0 Å². The molecule has 2 nitrogen and oxygen atoms in total. The molecule has 1 atom stereocenters. The van der Waals surface area contributed by atoms with E-state index < -0.39 is 17.8 Å². The third-order valence-corrected chi connectivity index (χ3v) is 1.93. The summed E-state index contributed by atoms with van der Waals surface area (Å²) in [5.74, 6) is 0. The Morgan fingerprint density at radius 3 is 2.64 bits per heavy atom. The number of rotatable bonds is 2. The number of pyridine rings is 1. The summed E-state index contributed by atoms with van der Waals surface area (Å²) in [4.78, 5) is 3.80. The van der Waals surface area contributed by atoms with Gasteiger partial charge < -0.3 is 5.73 Å². The van der Waals surface area contributed by atoms with Crippen molar-refractivity contribution in [3.8, 4) is 0 Å². The van der Waals surface area contributed by atoms with Crippen LogP contribution in [0.4, 0.5) is 13.2 Å². The molecule has 0 bridgehead atoms. The molecule has 0 spiro atoms. The summed E-state index contributed by atoms with van der Waals surface area (Å²) in [5.41, 5.74) is 5.15. The molecule has 0 amide bonds. The van der Waals surface area contributed by atoms with E-state index in [0.717, 1.165) is 18.3 Å². The minimum Gasteiger partial charge on any atom is -0.323 e. The van der Waals surface area contributed by atoms with Gasteiger partial charge in [-0.1, -0.05) is 6.92 Å². The van der Waals surface area contributed by atoms with E-state index in [4.69, 9.17) is 5.73 Å². The molecule has 0 saturated carbocycles. The fourth-order valence-corrected chi connectivity index (χ4v) is 1.04. The monoisotopic (exact) mass is 204 g/mol. The van der Waals surface area contributed by atoms with E-state index in [2.05, 4.69) is 4.98 Å². The zero-order valence-electron chi connectivity index (χ0n) is 7.67. The second-order valence-electron chi connectivity index (χ2n) is 2.98. The van der Waals surface area contributed by atoms with Crippen molar-refractivity contribution in [3.63, 3.8) is 0 Å². The van der Waals surface area contributed by atoms with Gasteiger partial charge in [0.2, 0.25) is 0 Å². The van der Waals surface area contributed by atoms with Crippen LogP contribution in [0.15, 0.2) is 18.3 Å². The van der Waals surface area contributed by atoms with Crippen LogP contribution >= 0.6 is 0 Å². The Balaban J connectivity index is 3.01. The van der Waals surface area contributed by atoms with Gasteiger partial charge >= 0.3 is 6.18 Å². The lowest BCUT2D eigenvalue weighted by atomic mass is 10.1. The van der Waals surface area contributed by atoms with Crippen LogP contribution in [-0.4, -0.2) is 4.98 Å². The molecule has 2 N–H and O–H groups in total. The van der Waals surface area contributed by atoms with Gasteiger partial charge in [0.25, 0.3) is 0 Å². The first-order valence-corrected chi connectivity index (χ1v) is 4.24. The van der Waals surface area contributed by atoms with Gasteiger partial charge in [0, 0.05) is 12.2 Å². The maximum Gasteiger partial charge on any atom is 0.416 e. The second-order valence-corrected chi connectivity index (χ2v) is 2.98. The van der Waals surface area contributed by atoms with Crippen LogP contribution in [0.5, 0.6) is 0 Å². The van der Waals surface area contributed by atoms with Gasteiger partial charge in [-0.05, 0) is 18.6 Å². The van der Waals surface area contributed by atoms with Crippen molar-refractivity contribution in [3.05, 3.63) is 29.6 Å². The smallest absolute Gasteiger partial charge is 0.323 e. The average molecular weight is 204 g/mol. The second kappa shape index (κ2) is 3.96. The summed E-state index contributed by atoms with van der Waals surface area (Å²) in [6, 6.07) is 1.50. The highest BCUT2D eigenvalue weighted by atomic mass is 19.4. The van der Waals surface area contributed by atoms with Crippen LogP contribution < -0.4 is 5.73 Å². The highest BCUT2D eigenvalue weighted by Crippen LogP contribution is 2.29. The lowest BCUT2D eigenvalue weighted by Gasteiger charge is -2.11. The molecule has 1 aromatic rings. The summed E-state index contributed by atoms with van der Waals surface area (Å²) < 4.78 is 36.8. The van der Waals surface area contributed by atoms with Crippen molar-refractivity contribution in [2.24, 2.45) is 5.73 Å². The fourth-order valence-electron chi connectivity index (χ4n) is 1.04. The number of halogens is 3. The minimum atomic E-state index is -4.33. The topological polar surface area (TPSA) is 38.9 Å². The molecule has 0 aromatic carbocycles. The number of aromatic nitrogens is 1. The Labute approximate surface area is 79.9 Å². The van der Waals surface area contributed by atoms with Crippen LogP contribution in [0, 0.1) is 0 Å². The highest BCUT2D eigenvalue weighted by molar-refractivity contribution is 5.21. The molecule has 1 aromatic heterocycles. The lowest BCUT2D eigenvalue weighted by molar-refractivity contribution is -0.137. The molecule has 5 heteroatoms. The summed E-state index contributed by atoms with van der Waals surface area (Å²) in [6.45, 7) is 1.80. The van der Waals surface area contributed by atoms with E-state index >= 15 is 0 Å². The quantitative estimate of drug-likeness (QED) is 0.803. The molecule has 0 radical (unpaired) electrons. The number of nitrogens with zero attached hydrogens (tertiary/aromatic N) is 1. The van der Waals surface area contributed by atoms with Crippen molar-refractivity contribution >= 4 is 0 Å². The fraction of sp³-hybridized carbons (Fsp3) is 0.444. The molecule has 1 heterocycles. The molecule has 14 heavy (non-hydrogen) atoms. The minimum absolute atomic E-state index is 0.280. The standard InChI is InChI=1S/C9H11F3N2/c1-2-7(13)8-5-6(3-4-14-8)9(10,11)12/h3-5,7H,2,13H2,1H3/t7-/m0/s1. The Morgan fingerprint density at radius 2 is 2.14 bits per heavy atom. The molecular formula is C9H11F3N2. The van der Waals surface area contributed by atoms with E-state index in [0.29, 0.717) is 6.42 Å². The largest absolute Gasteiger partial charge is 0.416 e. The Morgan fingerprint density at radius 1 is 1.50 bits per heavy atom. The third-order valence-electron chi connectivity index (χ3n) is 1.93. The maximum absolute atomic E-state index is 12.3. The van der Waals surface area contributed by atoms with Crippen LogP contribution in [0.25, 0.3) is 0 Å². The maximum atomic E-state index is 12.3. The molecule has 78 valence electrons. The number of alkyl halides is 3. The van der Waals surface area contributed by atoms with Crippen LogP contribution in [0.1, 0.15) is 30.6 Å². The van der Waals surface area contributed by atoms with Crippen molar-refractivity contribution in [2.45, 2.75) is 25.6 Å². The summed E-state index contributed by atoms with van der Waals surface area (Å²) in [6.07, 6.45) is -2.63. The third kappa shape index (κ3) is 2.45. The van der Waals surface area contributed by atoms with Gasteiger partial charge in [0.1, 0.15) is 0 Å². The number of hydrogen-bond acceptors (Lipinski definition) is 2. The summed E-state index contributed by atoms with van der Waals surface area (Å²) in [5, 5.41) is 0. The van der Waals surface area contributed by atoms with Gasteiger partial charge in [-0.25, -0.2) is 0 Å². The first kappa shape index (κ1) is 11.0. The zero-order chi connectivity index (χ0) is 10.8. The van der Waals surface area contributed by atoms with E-state index in [1.165, 1.54) is 0 Å². The van der Waals surface area contributed by atoms with Crippen LogP contribution in [0.2, 0.25) is 0 Å². The molecule has 0 unspecified atom stereocenters. The summed E-state index contributed by atoms with van der Waals surface area (Å²) >= 11 is 0. The van der Waals surface area contributed by atoms with E-state index in [-0.39, 0.29) is 5.69 Å². The molecule has 0 fully saturated rings. The zero-order valence-corrected chi connectivity index (χ0v) is 7.67. The van der Waals surface area contributed by atoms with Gasteiger partial charge in [-0.2, -0.15) is 13.2 Å². The van der Waals surface area contributed by atoms with Crippen molar-refractivity contribution in [1.29, 1.82) is 0 Å². The molecular weight excluding hydrogens is 193 g/mol. The molecule has 1 rings (SSSR count). The van der Waals surface area contributed by atoms with Gasteiger partial charge in [-0.3, -0.25) is 4.98 Å². The summed E-state index contributed by atoms with van der Waals surface area (Å²) in [7, 11) is 0.